The normalized spacial score (nSPS) is 11.1. The first-order valence-electron chi connectivity index (χ1n) is 7.97. The van der Waals surface area contributed by atoms with Crippen molar-refractivity contribution < 1.29 is 22.3 Å². The highest BCUT2D eigenvalue weighted by molar-refractivity contribution is 7.92. The lowest BCUT2D eigenvalue weighted by atomic mass is 10.1. The fourth-order valence-electron chi connectivity index (χ4n) is 2.42. The first-order chi connectivity index (χ1) is 13.3. The van der Waals surface area contributed by atoms with Crippen LogP contribution in [0.2, 0.25) is 5.02 Å². The third-order valence-corrected chi connectivity index (χ3v) is 5.29. The fourth-order valence-corrected chi connectivity index (χ4v) is 3.89. The lowest BCUT2D eigenvalue weighted by Gasteiger charge is -2.12. The van der Waals surface area contributed by atoms with Crippen molar-refractivity contribution in [2.75, 3.05) is 4.72 Å². The van der Waals surface area contributed by atoms with Gasteiger partial charge >= 0.3 is 0 Å². The van der Waals surface area contributed by atoms with Crippen molar-refractivity contribution in [2.24, 2.45) is 0 Å². The highest BCUT2D eigenvalue weighted by Gasteiger charge is 2.21. The molecule has 3 aromatic rings. The predicted molar refractivity (Wildman–Crippen MR) is 103 cm³/mol. The van der Waals surface area contributed by atoms with Crippen LogP contribution >= 0.6 is 11.6 Å². The maximum absolute atomic E-state index is 14.4. The van der Waals surface area contributed by atoms with Crippen LogP contribution in [0.1, 0.15) is 17.3 Å². The van der Waals surface area contributed by atoms with Crippen LogP contribution in [0.5, 0.6) is 11.5 Å². The molecule has 1 N–H and O–H groups in total. The van der Waals surface area contributed by atoms with Gasteiger partial charge < -0.3 is 4.74 Å². The molecule has 0 aliphatic heterocycles. The Morgan fingerprint density at radius 2 is 1.89 bits per heavy atom. The van der Waals surface area contributed by atoms with Crippen molar-refractivity contribution in [3.63, 3.8) is 0 Å². The van der Waals surface area contributed by atoms with Gasteiger partial charge in [0.2, 0.25) is 0 Å². The van der Waals surface area contributed by atoms with Gasteiger partial charge in [0.05, 0.1) is 21.8 Å². The SMILES string of the molecule is CC(=O)c1ccccc1S(=O)(=O)Nc1ccc(Oc2cncc(Cl)c2)c(F)c1. The summed E-state index contributed by atoms with van der Waals surface area (Å²) >= 11 is 5.80. The Hall–Kier alpha value is -2.97. The third-order valence-electron chi connectivity index (χ3n) is 3.65. The number of aromatic nitrogens is 1. The molecule has 0 bridgehead atoms. The minimum absolute atomic E-state index is 0.0209. The monoisotopic (exact) mass is 420 g/mol. The second-order valence-electron chi connectivity index (χ2n) is 5.74. The van der Waals surface area contributed by atoms with Crippen molar-refractivity contribution in [3.8, 4) is 11.5 Å². The summed E-state index contributed by atoms with van der Waals surface area (Å²) in [6.07, 6.45) is 2.77. The first kappa shape index (κ1) is 19.8. The van der Waals surface area contributed by atoms with Crippen LogP contribution in [0.4, 0.5) is 10.1 Å². The zero-order valence-corrected chi connectivity index (χ0v) is 16.1. The van der Waals surface area contributed by atoms with Gasteiger partial charge in [-0.25, -0.2) is 12.8 Å². The second kappa shape index (κ2) is 7.95. The number of rotatable bonds is 6. The van der Waals surface area contributed by atoms with Gasteiger partial charge in [-0.1, -0.05) is 29.8 Å². The van der Waals surface area contributed by atoms with Crippen LogP contribution in [0, 0.1) is 5.82 Å². The Bertz CT molecular complexity index is 1150. The van der Waals surface area contributed by atoms with Crippen LogP contribution < -0.4 is 9.46 Å². The van der Waals surface area contributed by atoms with Crippen molar-refractivity contribution in [1.29, 1.82) is 0 Å². The Morgan fingerprint density at radius 3 is 2.57 bits per heavy atom. The highest BCUT2D eigenvalue weighted by Crippen LogP contribution is 2.29. The molecule has 9 heteroatoms. The average Bonchev–Trinajstić information content (AvgIpc) is 2.64. The molecular weight excluding hydrogens is 407 g/mol. The molecule has 144 valence electrons. The molecule has 1 aromatic heterocycles. The Balaban J connectivity index is 1.85. The summed E-state index contributed by atoms with van der Waals surface area (Å²) in [7, 11) is -4.09. The fraction of sp³-hybridized carbons (Fsp3) is 0.0526. The van der Waals surface area contributed by atoms with Crippen molar-refractivity contribution >= 4 is 33.1 Å². The van der Waals surface area contributed by atoms with Gasteiger partial charge in [0, 0.05) is 23.9 Å². The van der Waals surface area contributed by atoms with E-state index < -0.39 is 21.6 Å². The van der Waals surface area contributed by atoms with E-state index in [1.165, 1.54) is 55.7 Å². The number of nitrogens with zero attached hydrogens (tertiary/aromatic N) is 1. The van der Waals surface area contributed by atoms with Crippen molar-refractivity contribution in [1.82, 2.24) is 4.98 Å². The van der Waals surface area contributed by atoms with Crippen LogP contribution in [0.15, 0.2) is 65.8 Å². The molecule has 1 heterocycles. The Labute approximate surface area is 166 Å². The summed E-state index contributed by atoms with van der Waals surface area (Å²) < 4.78 is 47.2. The summed E-state index contributed by atoms with van der Waals surface area (Å²) in [6, 6.07) is 10.8. The standard InChI is InChI=1S/C19H14ClFN2O4S/c1-12(24)16-4-2-3-5-19(16)28(25,26)23-14-6-7-18(17(21)9-14)27-15-8-13(20)10-22-11-15/h2-11,23H,1H3. The summed E-state index contributed by atoms with van der Waals surface area (Å²) in [5.41, 5.74) is 0.0244. The van der Waals surface area contributed by atoms with E-state index in [-0.39, 0.29) is 27.6 Å². The number of anilines is 1. The van der Waals surface area contributed by atoms with E-state index in [9.17, 15) is 17.6 Å². The number of ether oxygens (including phenoxy) is 1. The number of ketones is 1. The van der Waals surface area contributed by atoms with E-state index >= 15 is 0 Å². The number of sulfonamides is 1. The molecule has 0 unspecified atom stereocenters. The van der Waals surface area contributed by atoms with Gasteiger partial charge in [0.25, 0.3) is 10.0 Å². The summed E-state index contributed by atoms with van der Waals surface area (Å²) in [5, 5.41) is 0.325. The molecule has 3 rings (SSSR count). The molecule has 0 fully saturated rings. The number of hydrogen-bond acceptors (Lipinski definition) is 5. The maximum Gasteiger partial charge on any atom is 0.262 e. The zero-order chi connectivity index (χ0) is 20.3. The summed E-state index contributed by atoms with van der Waals surface area (Å²) in [6.45, 7) is 1.27. The molecule has 0 aliphatic rings. The molecule has 0 aliphatic carbocycles. The van der Waals surface area contributed by atoms with Gasteiger partial charge in [0.15, 0.2) is 17.3 Å². The highest BCUT2D eigenvalue weighted by atomic mass is 35.5. The summed E-state index contributed by atoms with van der Waals surface area (Å²) in [4.78, 5) is 15.3. The average molecular weight is 421 g/mol. The summed E-state index contributed by atoms with van der Waals surface area (Å²) in [5.74, 6) is -1.09. The Kier molecular flexibility index (Phi) is 5.62. The van der Waals surface area contributed by atoms with Gasteiger partial charge in [-0.05, 0) is 25.1 Å². The number of Topliss-reactive ketones (excluding diaryl/α,β-unsaturated/α-hetero) is 1. The second-order valence-corrected chi connectivity index (χ2v) is 7.83. The van der Waals surface area contributed by atoms with E-state index in [4.69, 9.17) is 16.3 Å². The minimum atomic E-state index is -4.09. The molecule has 0 atom stereocenters. The van der Waals surface area contributed by atoms with E-state index in [0.717, 1.165) is 6.07 Å². The Morgan fingerprint density at radius 1 is 1.14 bits per heavy atom. The largest absolute Gasteiger partial charge is 0.453 e. The third kappa shape index (κ3) is 4.47. The van der Waals surface area contributed by atoms with E-state index in [1.807, 2.05) is 0 Å². The van der Waals surface area contributed by atoms with E-state index in [0.29, 0.717) is 5.02 Å². The van der Waals surface area contributed by atoms with Gasteiger partial charge in [-0.15, -0.1) is 0 Å². The number of halogens is 2. The molecule has 0 saturated carbocycles. The molecule has 2 aromatic carbocycles. The van der Waals surface area contributed by atoms with Gasteiger partial charge in [-0.3, -0.25) is 14.5 Å². The number of pyridine rings is 1. The van der Waals surface area contributed by atoms with Crippen LogP contribution in [-0.2, 0) is 10.0 Å². The minimum Gasteiger partial charge on any atom is -0.453 e. The molecular formula is C19H14ClFN2O4S. The van der Waals surface area contributed by atoms with E-state index in [2.05, 4.69) is 9.71 Å². The molecule has 0 spiro atoms. The van der Waals surface area contributed by atoms with E-state index in [1.54, 1.807) is 6.07 Å². The number of benzene rings is 2. The lowest BCUT2D eigenvalue weighted by molar-refractivity contribution is 0.101. The van der Waals surface area contributed by atoms with Crippen LogP contribution in [-0.4, -0.2) is 19.2 Å². The van der Waals surface area contributed by atoms with Crippen LogP contribution in [0.3, 0.4) is 0 Å². The molecule has 0 radical (unpaired) electrons. The van der Waals surface area contributed by atoms with Gasteiger partial charge in [0.1, 0.15) is 5.75 Å². The molecule has 28 heavy (non-hydrogen) atoms. The van der Waals surface area contributed by atoms with Crippen LogP contribution in [0.25, 0.3) is 0 Å². The number of carbonyl (C=O) groups excluding carboxylic acids is 1. The number of carbonyl (C=O) groups is 1. The smallest absolute Gasteiger partial charge is 0.262 e. The molecule has 6 nitrogen and oxygen atoms in total. The topological polar surface area (TPSA) is 85.4 Å². The first-order valence-corrected chi connectivity index (χ1v) is 9.83. The number of hydrogen-bond donors (Lipinski definition) is 1. The lowest BCUT2D eigenvalue weighted by Crippen LogP contribution is -2.16. The molecule has 0 amide bonds. The number of nitrogens with one attached hydrogen (secondary N) is 1. The van der Waals surface area contributed by atoms with Crippen molar-refractivity contribution in [2.45, 2.75) is 11.8 Å². The predicted octanol–water partition coefficient (Wildman–Crippen LogP) is 4.67. The zero-order valence-electron chi connectivity index (χ0n) is 14.5. The van der Waals surface area contributed by atoms with Gasteiger partial charge in [-0.2, -0.15) is 0 Å². The molecule has 0 saturated heterocycles. The van der Waals surface area contributed by atoms with Crippen molar-refractivity contribution in [3.05, 3.63) is 77.3 Å². The quantitative estimate of drug-likeness (QED) is 0.586. The maximum atomic E-state index is 14.4.